The lowest BCUT2D eigenvalue weighted by Crippen LogP contribution is -2.14. The number of aromatic amines is 1. The van der Waals surface area contributed by atoms with Crippen molar-refractivity contribution < 1.29 is 0 Å². The number of thiazole rings is 1. The Morgan fingerprint density at radius 1 is 1.11 bits per heavy atom. The van der Waals surface area contributed by atoms with E-state index in [9.17, 15) is 4.79 Å². The molecule has 0 unspecified atom stereocenters. The number of imidazole rings is 1. The molecule has 6 nitrogen and oxygen atoms in total. The van der Waals surface area contributed by atoms with E-state index in [0.717, 1.165) is 32.5 Å². The Morgan fingerprint density at radius 2 is 1.96 bits per heavy atom. The van der Waals surface area contributed by atoms with Crippen LogP contribution in [0.15, 0.2) is 81.0 Å². The standard InChI is InChI=1S/C20H15N5OS2/c26-18-11-14(22-20-25(18)9-10-27-20)12-21-13-5-7-15(8-6-13)28-19-23-16-3-1-2-4-17(16)24-19/h1-11,21H,12H2,(H,23,24). The molecule has 3 aromatic heterocycles. The van der Waals surface area contributed by atoms with Crippen molar-refractivity contribution in [3.05, 3.63) is 82.2 Å². The summed E-state index contributed by atoms with van der Waals surface area (Å²) < 4.78 is 1.55. The van der Waals surface area contributed by atoms with Crippen LogP contribution in [0.3, 0.4) is 0 Å². The van der Waals surface area contributed by atoms with Crippen molar-refractivity contribution in [2.24, 2.45) is 0 Å². The van der Waals surface area contributed by atoms with Gasteiger partial charge >= 0.3 is 0 Å². The molecule has 0 saturated heterocycles. The van der Waals surface area contributed by atoms with Gasteiger partial charge in [-0.1, -0.05) is 23.9 Å². The molecule has 0 fully saturated rings. The summed E-state index contributed by atoms with van der Waals surface area (Å²) in [5, 5.41) is 6.05. The van der Waals surface area contributed by atoms with Gasteiger partial charge in [-0.25, -0.2) is 9.97 Å². The second kappa shape index (κ2) is 7.14. The Kier molecular flexibility index (Phi) is 4.34. The normalized spacial score (nSPS) is 11.3. The van der Waals surface area contributed by atoms with E-state index in [0.29, 0.717) is 11.5 Å². The van der Waals surface area contributed by atoms with Crippen LogP contribution in [-0.2, 0) is 6.54 Å². The first-order valence-electron chi connectivity index (χ1n) is 8.67. The molecule has 0 atom stereocenters. The molecule has 0 aliphatic carbocycles. The van der Waals surface area contributed by atoms with Gasteiger partial charge in [0.15, 0.2) is 10.1 Å². The Morgan fingerprint density at radius 3 is 2.82 bits per heavy atom. The first-order chi connectivity index (χ1) is 13.7. The number of para-hydroxylation sites is 2. The van der Waals surface area contributed by atoms with Gasteiger partial charge in [0.05, 0.1) is 23.3 Å². The van der Waals surface area contributed by atoms with Gasteiger partial charge < -0.3 is 10.3 Å². The Labute approximate surface area is 168 Å². The van der Waals surface area contributed by atoms with Crippen LogP contribution in [0.1, 0.15) is 5.69 Å². The first-order valence-corrected chi connectivity index (χ1v) is 10.4. The molecule has 0 aliphatic heterocycles. The van der Waals surface area contributed by atoms with Crippen LogP contribution in [0.4, 0.5) is 5.69 Å². The summed E-state index contributed by atoms with van der Waals surface area (Å²) in [5.74, 6) is 0. The Balaban J connectivity index is 1.27. The zero-order valence-electron chi connectivity index (χ0n) is 14.6. The molecule has 5 aromatic rings. The van der Waals surface area contributed by atoms with E-state index < -0.39 is 0 Å². The number of anilines is 1. The van der Waals surface area contributed by atoms with E-state index in [-0.39, 0.29) is 5.56 Å². The highest BCUT2D eigenvalue weighted by molar-refractivity contribution is 7.99. The van der Waals surface area contributed by atoms with E-state index in [1.165, 1.54) is 11.3 Å². The Hall–Kier alpha value is -3.10. The lowest BCUT2D eigenvalue weighted by atomic mass is 10.3. The van der Waals surface area contributed by atoms with Gasteiger partial charge in [-0.2, -0.15) is 0 Å². The van der Waals surface area contributed by atoms with E-state index in [1.807, 2.05) is 53.9 Å². The number of nitrogens with one attached hydrogen (secondary N) is 2. The quantitative estimate of drug-likeness (QED) is 0.453. The molecule has 0 saturated carbocycles. The van der Waals surface area contributed by atoms with Crippen LogP contribution in [0.5, 0.6) is 0 Å². The fraction of sp³-hybridized carbons (Fsp3) is 0.0500. The highest BCUT2D eigenvalue weighted by Gasteiger charge is 2.06. The average Bonchev–Trinajstić information content (AvgIpc) is 3.34. The van der Waals surface area contributed by atoms with Gasteiger partial charge in [0.2, 0.25) is 0 Å². The summed E-state index contributed by atoms with van der Waals surface area (Å²) >= 11 is 3.05. The van der Waals surface area contributed by atoms with Crippen LogP contribution in [0, 0.1) is 0 Å². The summed E-state index contributed by atoms with van der Waals surface area (Å²) in [6.45, 7) is 0.500. The van der Waals surface area contributed by atoms with Gasteiger partial charge in [-0.3, -0.25) is 9.20 Å². The second-order valence-electron chi connectivity index (χ2n) is 6.18. The van der Waals surface area contributed by atoms with E-state index >= 15 is 0 Å². The van der Waals surface area contributed by atoms with Crippen LogP contribution in [0.2, 0.25) is 0 Å². The van der Waals surface area contributed by atoms with Crippen molar-refractivity contribution in [3.8, 4) is 0 Å². The van der Waals surface area contributed by atoms with Crippen molar-refractivity contribution in [3.63, 3.8) is 0 Å². The molecule has 0 spiro atoms. The number of aromatic nitrogens is 4. The molecule has 2 N–H and O–H groups in total. The number of fused-ring (bicyclic) bond motifs is 2. The first kappa shape index (κ1) is 17.0. The Bertz CT molecular complexity index is 1290. The van der Waals surface area contributed by atoms with Crippen LogP contribution in [-0.4, -0.2) is 19.4 Å². The monoisotopic (exact) mass is 405 g/mol. The lowest BCUT2D eigenvalue weighted by molar-refractivity contribution is 0.989. The third-order valence-electron chi connectivity index (χ3n) is 4.27. The number of rotatable bonds is 5. The lowest BCUT2D eigenvalue weighted by Gasteiger charge is -2.07. The number of H-pyrrole nitrogens is 1. The maximum Gasteiger partial charge on any atom is 0.258 e. The molecule has 5 rings (SSSR count). The molecule has 0 amide bonds. The fourth-order valence-electron chi connectivity index (χ4n) is 2.90. The van der Waals surface area contributed by atoms with Crippen molar-refractivity contribution >= 4 is 44.8 Å². The minimum atomic E-state index is -0.0550. The van der Waals surface area contributed by atoms with E-state index in [4.69, 9.17) is 0 Å². The van der Waals surface area contributed by atoms with Crippen molar-refractivity contribution in [1.29, 1.82) is 0 Å². The summed E-state index contributed by atoms with van der Waals surface area (Å²) in [4.78, 5) is 26.3. The molecular formula is C20H15N5OS2. The van der Waals surface area contributed by atoms with Gasteiger partial charge in [0, 0.05) is 28.2 Å². The van der Waals surface area contributed by atoms with Gasteiger partial charge in [-0.15, -0.1) is 11.3 Å². The molecule has 28 heavy (non-hydrogen) atoms. The molecule has 3 heterocycles. The van der Waals surface area contributed by atoms with Crippen LogP contribution < -0.4 is 10.9 Å². The molecular weight excluding hydrogens is 390 g/mol. The zero-order chi connectivity index (χ0) is 18.9. The highest BCUT2D eigenvalue weighted by atomic mass is 32.2. The van der Waals surface area contributed by atoms with Gasteiger partial charge in [0.25, 0.3) is 5.56 Å². The van der Waals surface area contributed by atoms with Crippen molar-refractivity contribution in [2.75, 3.05) is 5.32 Å². The molecule has 0 radical (unpaired) electrons. The predicted octanol–water partition coefficient (Wildman–Crippen LogP) is 4.40. The third kappa shape index (κ3) is 3.39. The number of hydrogen-bond acceptors (Lipinski definition) is 6. The summed E-state index contributed by atoms with van der Waals surface area (Å²) in [6, 6.07) is 17.7. The maximum atomic E-state index is 12.0. The highest BCUT2D eigenvalue weighted by Crippen LogP contribution is 2.28. The third-order valence-corrected chi connectivity index (χ3v) is 5.92. The number of benzene rings is 2. The van der Waals surface area contributed by atoms with E-state index in [1.54, 1.807) is 28.4 Å². The summed E-state index contributed by atoms with van der Waals surface area (Å²) in [7, 11) is 0. The topological polar surface area (TPSA) is 75.1 Å². The van der Waals surface area contributed by atoms with Crippen LogP contribution in [0.25, 0.3) is 16.0 Å². The average molecular weight is 406 g/mol. The number of nitrogens with zero attached hydrogens (tertiary/aromatic N) is 3. The molecule has 0 aliphatic rings. The minimum absolute atomic E-state index is 0.0550. The van der Waals surface area contributed by atoms with Gasteiger partial charge in [0.1, 0.15) is 0 Å². The zero-order valence-corrected chi connectivity index (χ0v) is 16.3. The second-order valence-corrected chi connectivity index (χ2v) is 8.12. The summed E-state index contributed by atoms with van der Waals surface area (Å²) in [5.41, 5.74) is 3.65. The summed E-state index contributed by atoms with van der Waals surface area (Å²) in [6.07, 6.45) is 1.74. The molecule has 0 bridgehead atoms. The molecule has 2 aromatic carbocycles. The largest absolute Gasteiger partial charge is 0.379 e. The predicted molar refractivity (Wildman–Crippen MR) is 113 cm³/mol. The smallest absolute Gasteiger partial charge is 0.258 e. The van der Waals surface area contributed by atoms with Crippen molar-refractivity contribution in [2.45, 2.75) is 16.6 Å². The van der Waals surface area contributed by atoms with Gasteiger partial charge in [-0.05, 0) is 36.4 Å². The van der Waals surface area contributed by atoms with Crippen molar-refractivity contribution in [1.82, 2.24) is 19.4 Å². The molecule has 8 heteroatoms. The maximum absolute atomic E-state index is 12.0. The van der Waals surface area contributed by atoms with E-state index in [2.05, 4.69) is 20.3 Å². The van der Waals surface area contributed by atoms with Crippen LogP contribution >= 0.6 is 23.1 Å². The SMILES string of the molecule is O=c1cc(CNc2ccc(Sc3nc4ccccc4[nH]3)cc2)nc2sccn12. The number of hydrogen-bond donors (Lipinski definition) is 2. The minimum Gasteiger partial charge on any atom is -0.379 e. The molecule has 138 valence electrons. The fourth-order valence-corrected chi connectivity index (χ4v) is 4.44.